The fourth-order valence-corrected chi connectivity index (χ4v) is 2.66. The van der Waals surface area contributed by atoms with Crippen molar-refractivity contribution >= 4 is 11.8 Å². The summed E-state index contributed by atoms with van der Waals surface area (Å²) in [5.41, 5.74) is 4.09. The van der Waals surface area contributed by atoms with Gasteiger partial charge in [-0.15, -0.1) is 11.8 Å². The van der Waals surface area contributed by atoms with Gasteiger partial charge in [-0.1, -0.05) is 48.0 Å². The number of hydrogen-bond donors (Lipinski definition) is 0. The topological polar surface area (TPSA) is 0 Å². The van der Waals surface area contributed by atoms with Crippen LogP contribution in [0.25, 0.3) is 0 Å². The predicted molar refractivity (Wildman–Crippen MR) is 71.9 cm³/mol. The second kappa shape index (κ2) is 5.22. The molecule has 0 N–H and O–H groups in total. The standard InChI is InChI=1S/C15H16S/c1-12-8-9-15(13(2)10-12)16-11-14-6-4-3-5-7-14/h3-10H,11H2,1-2H3. The van der Waals surface area contributed by atoms with Crippen molar-refractivity contribution in [3.8, 4) is 0 Å². The van der Waals surface area contributed by atoms with Gasteiger partial charge in [0, 0.05) is 10.6 Å². The summed E-state index contributed by atoms with van der Waals surface area (Å²) in [7, 11) is 0. The van der Waals surface area contributed by atoms with E-state index >= 15 is 0 Å². The average Bonchev–Trinajstić information content (AvgIpc) is 2.29. The lowest BCUT2D eigenvalue weighted by atomic mass is 10.2. The van der Waals surface area contributed by atoms with Gasteiger partial charge in [-0.3, -0.25) is 0 Å². The van der Waals surface area contributed by atoms with E-state index in [9.17, 15) is 0 Å². The van der Waals surface area contributed by atoms with E-state index in [0.29, 0.717) is 0 Å². The monoisotopic (exact) mass is 228 g/mol. The SMILES string of the molecule is Cc1ccc(SCc2ccccc2)c(C)c1. The maximum Gasteiger partial charge on any atom is 0.0232 e. The third-order valence-electron chi connectivity index (χ3n) is 2.57. The molecule has 82 valence electrons. The summed E-state index contributed by atoms with van der Waals surface area (Å²) in [6, 6.07) is 17.3. The Morgan fingerprint density at radius 2 is 1.69 bits per heavy atom. The van der Waals surface area contributed by atoms with Crippen LogP contribution in [0.5, 0.6) is 0 Å². The first-order valence-electron chi connectivity index (χ1n) is 5.50. The summed E-state index contributed by atoms with van der Waals surface area (Å²) in [6.07, 6.45) is 0. The van der Waals surface area contributed by atoms with Crippen molar-refractivity contribution in [1.82, 2.24) is 0 Å². The molecule has 0 aliphatic heterocycles. The highest BCUT2D eigenvalue weighted by atomic mass is 32.2. The van der Waals surface area contributed by atoms with Crippen LogP contribution in [0.3, 0.4) is 0 Å². The van der Waals surface area contributed by atoms with E-state index in [-0.39, 0.29) is 0 Å². The first kappa shape index (κ1) is 11.3. The molecule has 0 unspecified atom stereocenters. The number of aryl methyl sites for hydroxylation is 2. The first-order valence-corrected chi connectivity index (χ1v) is 6.48. The highest BCUT2D eigenvalue weighted by Crippen LogP contribution is 2.26. The molecule has 2 aromatic rings. The number of rotatable bonds is 3. The molecule has 0 atom stereocenters. The van der Waals surface area contributed by atoms with E-state index < -0.39 is 0 Å². The highest BCUT2D eigenvalue weighted by molar-refractivity contribution is 7.98. The second-order valence-corrected chi connectivity index (χ2v) is 5.06. The molecule has 0 aliphatic carbocycles. The fraction of sp³-hybridized carbons (Fsp3) is 0.200. The Morgan fingerprint density at radius 1 is 0.938 bits per heavy atom. The van der Waals surface area contributed by atoms with Gasteiger partial charge in [-0.25, -0.2) is 0 Å². The van der Waals surface area contributed by atoms with Crippen molar-refractivity contribution in [3.63, 3.8) is 0 Å². The number of hydrogen-bond acceptors (Lipinski definition) is 1. The third-order valence-corrected chi connectivity index (χ3v) is 3.81. The summed E-state index contributed by atoms with van der Waals surface area (Å²) in [5, 5.41) is 0. The van der Waals surface area contributed by atoms with E-state index in [2.05, 4.69) is 62.4 Å². The van der Waals surface area contributed by atoms with Gasteiger partial charge in [0.15, 0.2) is 0 Å². The smallest absolute Gasteiger partial charge is 0.0232 e. The summed E-state index contributed by atoms with van der Waals surface area (Å²) < 4.78 is 0. The minimum atomic E-state index is 1.05. The predicted octanol–water partition coefficient (Wildman–Crippen LogP) is 4.60. The van der Waals surface area contributed by atoms with Crippen LogP contribution in [0, 0.1) is 13.8 Å². The van der Waals surface area contributed by atoms with E-state index in [0.717, 1.165) is 5.75 Å². The van der Waals surface area contributed by atoms with E-state index in [1.54, 1.807) is 0 Å². The van der Waals surface area contributed by atoms with Crippen LogP contribution < -0.4 is 0 Å². The van der Waals surface area contributed by atoms with Crippen LogP contribution in [0.4, 0.5) is 0 Å². The molecule has 0 spiro atoms. The van der Waals surface area contributed by atoms with Crippen molar-refractivity contribution in [2.75, 3.05) is 0 Å². The van der Waals surface area contributed by atoms with E-state index in [4.69, 9.17) is 0 Å². The Morgan fingerprint density at radius 3 is 2.38 bits per heavy atom. The summed E-state index contributed by atoms with van der Waals surface area (Å²) in [5.74, 6) is 1.05. The van der Waals surface area contributed by atoms with Crippen molar-refractivity contribution in [2.45, 2.75) is 24.5 Å². The zero-order chi connectivity index (χ0) is 11.4. The van der Waals surface area contributed by atoms with E-state index in [1.165, 1.54) is 21.6 Å². The lowest BCUT2D eigenvalue weighted by Gasteiger charge is -2.06. The van der Waals surface area contributed by atoms with Crippen LogP contribution >= 0.6 is 11.8 Å². The molecule has 1 heteroatoms. The van der Waals surface area contributed by atoms with Gasteiger partial charge in [0.25, 0.3) is 0 Å². The molecule has 2 rings (SSSR count). The molecular weight excluding hydrogens is 212 g/mol. The molecule has 0 heterocycles. The van der Waals surface area contributed by atoms with Gasteiger partial charge in [0.1, 0.15) is 0 Å². The van der Waals surface area contributed by atoms with Crippen molar-refractivity contribution in [2.24, 2.45) is 0 Å². The zero-order valence-corrected chi connectivity index (χ0v) is 10.6. The zero-order valence-electron chi connectivity index (χ0n) is 9.73. The Labute approximate surface area is 102 Å². The van der Waals surface area contributed by atoms with Crippen LogP contribution in [-0.2, 0) is 5.75 Å². The van der Waals surface area contributed by atoms with Crippen LogP contribution in [0.15, 0.2) is 53.4 Å². The quantitative estimate of drug-likeness (QED) is 0.692. The van der Waals surface area contributed by atoms with Crippen molar-refractivity contribution < 1.29 is 0 Å². The molecule has 0 aromatic heterocycles. The normalized spacial score (nSPS) is 10.4. The van der Waals surface area contributed by atoms with Gasteiger partial charge >= 0.3 is 0 Å². The lowest BCUT2D eigenvalue weighted by Crippen LogP contribution is -1.84. The molecule has 0 amide bonds. The van der Waals surface area contributed by atoms with Gasteiger partial charge < -0.3 is 0 Å². The molecule has 0 fully saturated rings. The van der Waals surface area contributed by atoms with Crippen LogP contribution in [0.2, 0.25) is 0 Å². The number of thioether (sulfide) groups is 1. The highest BCUT2D eigenvalue weighted by Gasteiger charge is 1.99. The Kier molecular flexibility index (Phi) is 3.68. The largest absolute Gasteiger partial charge is 0.121 e. The Bertz CT molecular complexity index is 460. The molecule has 16 heavy (non-hydrogen) atoms. The van der Waals surface area contributed by atoms with Crippen molar-refractivity contribution in [3.05, 3.63) is 65.2 Å². The molecule has 0 nitrogen and oxygen atoms in total. The molecule has 0 saturated carbocycles. The van der Waals surface area contributed by atoms with Crippen LogP contribution in [-0.4, -0.2) is 0 Å². The van der Waals surface area contributed by atoms with E-state index in [1.807, 2.05) is 11.8 Å². The van der Waals surface area contributed by atoms with Gasteiger partial charge in [0.05, 0.1) is 0 Å². The second-order valence-electron chi connectivity index (χ2n) is 4.04. The average molecular weight is 228 g/mol. The Balaban J connectivity index is 2.05. The third kappa shape index (κ3) is 2.89. The fourth-order valence-electron chi connectivity index (χ4n) is 1.70. The minimum Gasteiger partial charge on any atom is -0.121 e. The van der Waals surface area contributed by atoms with Crippen LogP contribution in [0.1, 0.15) is 16.7 Å². The number of benzene rings is 2. The Hall–Kier alpha value is -1.21. The molecular formula is C15H16S. The van der Waals surface area contributed by atoms with Crippen molar-refractivity contribution in [1.29, 1.82) is 0 Å². The first-order chi connectivity index (χ1) is 7.75. The summed E-state index contributed by atoms with van der Waals surface area (Å²) >= 11 is 1.91. The summed E-state index contributed by atoms with van der Waals surface area (Å²) in [4.78, 5) is 1.38. The molecule has 2 aromatic carbocycles. The lowest BCUT2D eigenvalue weighted by molar-refractivity contribution is 1.25. The van der Waals surface area contributed by atoms with Gasteiger partial charge in [-0.05, 0) is 31.0 Å². The minimum absolute atomic E-state index is 1.05. The maximum atomic E-state index is 2.24. The summed E-state index contributed by atoms with van der Waals surface area (Å²) in [6.45, 7) is 4.32. The molecule has 0 saturated heterocycles. The van der Waals surface area contributed by atoms with Gasteiger partial charge in [-0.2, -0.15) is 0 Å². The molecule has 0 bridgehead atoms. The van der Waals surface area contributed by atoms with Gasteiger partial charge in [0.2, 0.25) is 0 Å². The molecule has 0 radical (unpaired) electrons. The maximum absolute atomic E-state index is 2.24. The molecule has 0 aliphatic rings.